The lowest BCUT2D eigenvalue weighted by Crippen LogP contribution is -2.31. The van der Waals surface area contributed by atoms with E-state index in [4.69, 9.17) is 9.72 Å². The zero-order chi connectivity index (χ0) is 14.4. The Kier molecular flexibility index (Phi) is 5.80. The van der Waals surface area contributed by atoms with E-state index in [0.717, 1.165) is 56.1 Å². The minimum atomic E-state index is 0.0760. The van der Waals surface area contributed by atoms with Gasteiger partial charge in [-0.05, 0) is 42.9 Å². The van der Waals surface area contributed by atoms with Gasteiger partial charge >= 0.3 is 0 Å². The fourth-order valence-corrected chi connectivity index (χ4v) is 2.74. The predicted molar refractivity (Wildman–Crippen MR) is 81.0 cm³/mol. The summed E-state index contributed by atoms with van der Waals surface area (Å²) in [6, 6.07) is 3.99. The quantitative estimate of drug-likeness (QED) is 0.868. The van der Waals surface area contributed by atoms with Crippen molar-refractivity contribution in [3.05, 3.63) is 23.4 Å². The van der Waals surface area contributed by atoms with Crippen molar-refractivity contribution in [3.8, 4) is 0 Å². The number of nitrogens with zero attached hydrogens (tertiary/aromatic N) is 2. The first-order valence-corrected chi connectivity index (χ1v) is 7.62. The van der Waals surface area contributed by atoms with Crippen LogP contribution in [0.25, 0.3) is 0 Å². The minimum absolute atomic E-state index is 0.0760. The summed E-state index contributed by atoms with van der Waals surface area (Å²) in [6.45, 7) is 4.95. The molecule has 1 unspecified atom stereocenters. The molecule has 0 saturated carbocycles. The molecule has 1 aliphatic rings. The summed E-state index contributed by atoms with van der Waals surface area (Å²) in [5.41, 5.74) is 2.02. The molecule has 0 aromatic carbocycles. The fraction of sp³-hybridized carbons (Fsp3) is 0.688. The number of anilines is 1. The van der Waals surface area contributed by atoms with Gasteiger partial charge in [0.25, 0.3) is 0 Å². The Morgan fingerprint density at radius 3 is 2.95 bits per heavy atom. The lowest BCUT2D eigenvalue weighted by molar-refractivity contribution is 0.0576. The van der Waals surface area contributed by atoms with Crippen LogP contribution in [0.15, 0.2) is 12.1 Å². The number of aromatic nitrogens is 1. The lowest BCUT2D eigenvalue weighted by atomic mass is 10.0. The maximum absolute atomic E-state index is 9.39. The van der Waals surface area contributed by atoms with Crippen LogP contribution in [0.2, 0.25) is 0 Å². The summed E-state index contributed by atoms with van der Waals surface area (Å²) in [6.07, 6.45) is 4.41. The Labute approximate surface area is 121 Å². The van der Waals surface area contributed by atoms with E-state index in [9.17, 15) is 5.11 Å². The van der Waals surface area contributed by atoms with Crippen molar-refractivity contribution in [2.75, 3.05) is 31.7 Å². The highest BCUT2D eigenvalue weighted by Crippen LogP contribution is 2.20. The van der Waals surface area contributed by atoms with Gasteiger partial charge in [0.15, 0.2) is 0 Å². The molecule has 0 radical (unpaired) electrons. The Hall–Kier alpha value is -1.13. The van der Waals surface area contributed by atoms with Crippen LogP contribution in [0.5, 0.6) is 0 Å². The topological polar surface area (TPSA) is 45.6 Å². The molecule has 0 bridgehead atoms. The maximum atomic E-state index is 9.39. The van der Waals surface area contributed by atoms with Crippen LogP contribution in [0.3, 0.4) is 0 Å². The predicted octanol–water partition coefficient (Wildman–Crippen LogP) is 2.39. The Bertz CT molecular complexity index is 417. The average molecular weight is 278 g/mol. The number of hydrogen-bond donors (Lipinski definition) is 1. The van der Waals surface area contributed by atoms with Crippen molar-refractivity contribution < 1.29 is 9.84 Å². The van der Waals surface area contributed by atoms with Crippen molar-refractivity contribution in [1.82, 2.24) is 4.98 Å². The van der Waals surface area contributed by atoms with Crippen LogP contribution < -0.4 is 4.90 Å². The first kappa shape index (κ1) is 15.3. The molecule has 112 valence electrons. The number of aryl methyl sites for hydroxylation is 1. The van der Waals surface area contributed by atoms with Gasteiger partial charge in [0.05, 0.1) is 13.2 Å². The standard InChI is InChI=1S/C16H26N2O2/c1-3-5-15-8-14(11-19)9-16(17-15)18(2)10-13-6-4-7-20-12-13/h8-9,13,19H,3-7,10-12H2,1-2H3. The second-order valence-corrected chi connectivity index (χ2v) is 5.70. The summed E-state index contributed by atoms with van der Waals surface area (Å²) in [4.78, 5) is 6.90. The molecule has 4 nitrogen and oxygen atoms in total. The fourth-order valence-electron chi connectivity index (χ4n) is 2.74. The monoisotopic (exact) mass is 278 g/mol. The van der Waals surface area contributed by atoms with E-state index in [1.54, 1.807) is 0 Å². The number of ether oxygens (including phenoxy) is 1. The summed E-state index contributed by atoms with van der Waals surface area (Å²) < 4.78 is 5.54. The highest BCUT2D eigenvalue weighted by atomic mass is 16.5. The molecule has 1 fully saturated rings. The maximum Gasteiger partial charge on any atom is 0.128 e. The second-order valence-electron chi connectivity index (χ2n) is 5.70. The second kappa shape index (κ2) is 7.60. The van der Waals surface area contributed by atoms with Crippen molar-refractivity contribution in [2.24, 2.45) is 5.92 Å². The van der Waals surface area contributed by atoms with Gasteiger partial charge in [-0.1, -0.05) is 13.3 Å². The molecule has 20 heavy (non-hydrogen) atoms. The highest BCUT2D eigenvalue weighted by molar-refractivity contribution is 5.42. The van der Waals surface area contributed by atoms with E-state index in [2.05, 4.69) is 18.9 Å². The van der Waals surface area contributed by atoms with Gasteiger partial charge in [0.1, 0.15) is 5.82 Å². The van der Waals surface area contributed by atoms with Gasteiger partial charge < -0.3 is 14.7 Å². The van der Waals surface area contributed by atoms with Crippen LogP contribution in [0.4, 0.5) is 5.82 Å². The van der Waals surface area contributed by atoms with Gasteiger partial charge in [-0.15, -0.1) is 0 Å². The van der Waals surface area contributed by atoms with Gasteiger partial charge in [-0.2, -0.15) is 0 Å². The molecule has 1 aromatic heterocycles. The van der Waals surface area contributed by atoms with E-state index in [-0.39, 0.29) is 6.61 Å². The molecule has 2 heterocycles. The SMILES string of the molecule is CCCc1cc(CO)cc(N(C)CC2CCCOC2)n1. The van der Waals surface area contributed by atoms with Crippen LogP contribution in [-0.4, -0.2) is 36.9 Å². The van der Waals surface area contributed by atoms with Crippen molar-refractivity contribution in [1.29, 1.82) is 0 Å². The number of rotatable bonds is 6. The summed E-state index contributed by atoms with van der Waals surface area (Å²) in [5, 5.41) is 9.39. The lowest BCUT2D eigenvalue weighted by Gasteiger charge is -2.28. The number of hydrogen-bond acceptors (Lipinski definition) is 4. The van der Waals surface area contributed by atoms with Gasteiger partial charge in [0, 0.05) is 25.9 Å². The van der Waals surface area contributed by atoms with Crippen molar-refractivity contribution in [2.45, 2.75) is 39.2 Å². The van der Waals surface area contributed by atoms with Crippen LogP contribution in [0.1, 0.15) is 37.4 Å². The molecule has 0 amide bonds. The van der Waals surface area contributed by atoms with E-state index < -0.39 is 0 Å². The molecule has 1 aliphatic heterocycles. The molecular formula is C16H26N2O2. The Morgan fingerprint density at radius 1 is 1.45 bits per heavy atom. The summed E-state index contributed by atoms with van der Waals surface area (Å²) in [7, 11) is 2.08. The van der Waals surface area contributed by atoms with Crippen LogP contribution in [-0.2, 0) is 17.8 Å². The molecule has 1 aromatic rings. The van der Waals surface area contributed by atoms with Crippen LogP contribution in [0, 0.1) is 5.92 Å². The average Bonchev–Trinajstić information content (AvgIpc) is 2.48. The third kappa shape index (κ3) is 4.18. The van der Waals surface area contributed by atoms with Gasteiger partial charge in [-0.25, -0.2) is 4.98 Å². The summed E-state index contributed by atoms with van der Waals surface area (Å²) >= 11 is 0. The zero-order valence-electron chi connectivity index (χ0n) is 12.6. The molecular weight excluding hydrogens is 252 g/mol. The summed E-state index contributed by atoms with van der Waals surface area (Å²) in [5.74, 6) is 1.55. The van der Waals surface area contributed by atoms with Crippen molar-refractivity contribution in [3.63, 3.8) is 0 Å². The van der Waals surface area contributed by atoms with Crippen molar-refractivity contribution >= 4 is 5.82 Å². The molecule has 1 saturated heterocycles. The van der Waals surface area contributed by atoms with Crippen LogP contribution >= 0.6 is 0 Å². The van der Waals surface area contributed by atoms with E-state index in [1.807, 2.05) is 12.1 Å². The van der Waals surface area contributed by atoms with E-state index >= 15 is 0 Å². The van der Waals surface area contributed by atoms with Gasteiger partial charge in [0.2, 0.25) is 0 Å². The largest absolute Gasteiger partial charge is 0.392 e. The molecule has 2 rings (SSSR count). The Morgan fingerprint density at radius 2 is 2.30 bits per heavy atom. The highest BCUT2D eigenvalue weighted by Gasteiger charge is 2.17. The molecule has 1 atom stereocenters. The molecule has 0 aliphatic carbocycles. The number of pyridine rings is 1. The number of aliphatic hydroxyl groups excluding tert-OH is 1. The van der Waals surface area contributed by atoms with Gasteiger partial charge in [-0.3, -0.25) is 0 Å². The van der Waals surface area contributed by atoms with E-state index in [1.165, 1.54) is 6.42 Å². The Balaban J connectivity index is 2.06. The molecule has 1 N–H and O–H groups in total. The molecule has 0 spiro atoms. The zero-order valence-corrected chi connectivity index (χ0v) is 12.6. The first-order chi connectivity index (χ1) is 9.72. The molecule has 4 heteroatoms. The number of aliphatic hydroxyl groups is 1. The minimum Gasteiger partial charge on any atom is -0.392 e. The third-order valence-electron chi connectivity index (χ3n) is 3.79. The first-order valence-electron chi connectivity index (χ1n) is 7.62. The smallest absolute Gasteiger partial charge is 0.128 e. The van der Waals surface area contributed by atoms with E-state index in [0.29, 0.717) is 5.92 Å². The normalized spacial score (nSPS) is 19.1. The third-order valence-corrected chi connectivity index (χ3v) is 3.79.